The van der Waals surface area contributed by atoms with E-state index in [2.05, 4.69) is 13.8 Å². The van der Waals surface area contributed by atoms with Gasteiger partial charge in [-0.2, -0.15) is 0 Å². The highest BCUT2D eigenvalue weighted by molar-refractivity contribution is 5.75. The maximum Gasteiger partial charge on any atom is 0.337 e. The van der Waals surface area contributed by atoms with Crippen molar-refractivity contribution in [1.82, 2.24) is 0 Å². The SMILES string of the molecule is CCCCCCOC(=O)[C@@H](O)[C@H](O)CC1(C[C@@H](O)[C@H](O)C(=O)OCCCCCC)OCCO1. The third-order valence-corrected chi connectivity index (χ3v) is 5.55. The molecule has 1 aliphatic heterocycles. The summed E-state index contributed by atoms with van der Waals surface area (Å²) in [6.07, 6.45) is -0.347. The van der Waals surface area contributed by atoms with Crippen molar-refractivity contribution in [3.05, 3.63) is 0 Å². The fourth-order valence-corrected chi connectivity index (χ4v) is 3.56. The van der Waals surface area contributed by atoms with Crippen LogP contribution in [0.3, 0.4) is 0 Å². The second kappa shape index (κ2) is 16.3. The number of carbonyl (C=O) groups is 2. The maximum absolute atomic E-state index is 12.0. The average molecular weight is 479 g/mol. The largest absolute Gasteiger partial charge is 0.464 e. The minimum Gasteiger partial charge on any atom is -0.464 e. The van der Waals surface area contributed by atoms with Crippen LogP contribution in [-0.2, 0) is 28.5 Å². The Morgan fingerprint density at radius 2 is 1.12 bits per heavy atom. The van der Waals surface area contributed by atoms with Crippen LogP contribution in [-0.4, -0.2) is 89.0 Å². The normalized spacial score (nSPS) is 19.0. The number of rotatable bonds is 18. The molecule has 1 aliphatic rings. The molecule has 1 saturated heterocycles. The predicted molar refractivity (Wildman–Crippen MR) is 118 cm³/mol. The molecule has 0 bridgehead atoms. The van der Waals surface area contributed by atoms with E-state index < -0.39 is 42.1 Å². The summed E-state index contributed by atoms with van der Waals surface area (Å²) in [4.78, 5) is 24.0. The summed E-state index contributed by atoms with van der Waals surface area (Å²) in [5.41, 5.74) is 0. The molecule has 0 amide bonds. The van der Waals surface area contributed by atoms with Crippen LogP contribution in [0.15, 0.2) is 0 Å². The first kappa shape index (κ1) is 29.7. The van der Waals surface area contributed by atoms with E-state index in [-0.39, 0.29) is 39.3 Å². The summed E-state index contributed by atoms with van der Waals surface area (Å²) in [5, 5.41) is 41.0. The van der Waals surface area contributed by atoms with Gasteiger partial charge in [0.05, 0.1) is 38.6 Å². The first-order valence-electron chi connectivity index (χ1n) is 12.1. The highest BCUT2D eigenvalue weighted by Gasteiger charge is 2.45. The number of aliphatic hydroxyl groups is 4. The Hall–Kier alpha value is -1.30. The number of aliphatic hydroxyl groups excluding tert-OH is 4. The first-order valence-corrected chi connectivity index (χ1v) is 12.1. The summed E-state index contributed by atoms with van der Waals surface area (Å²) in [6.45, 7) is 4.70. The van der Waals surface area contributed by atoms with Gasteiger partial charge in [0.25, 0.3) is 0 Å². The van der Waals surface area contributed by atoms with Gasteiger partial charge in [0.1, 0.15) is 0 Å². The smallest absolute Gasteiger partial charge is 0.337 e. The van der Waals surface area contributed by atoms with Gasteiger partial charge in [-0.3, -0.25) is 0 Å². The zero-order chi connectivity index (χ0) is 24.7. The molecule has 4 N–H and O–H groups in total. The molecule has 10 nitrogen and oxygen atoms in total. The van der Waals surface area contributed by atoms with Gasteiger partial charge in [-0.1, -0.05) is 52.4 Å². The minimum absolute atomic E-state index is 0.145. The maximum atomic E-state index is 12.0. The highest BCUT2D eigenvalue weighted by Crippen LogP contribution is 2.32. The molecule has 1 fully saturated rings. The molecule has 0 aromatic heterocycles. The third-order valence-electron chi connectivity index (χ3n) is 5.55. The molecule has 1 heterocycles. The lowest BCUT2D eigenvalue weighted by Crippen LogP contribution is -2.47. The molecule has 0 aliphatic carbocycles. The first-order chi connectivity index (χ1) is 15.8. The van der Waals surface area contributed by atoms with Crippen LogP contribution in [0.1, 0.15) is 78.1 Å². The van der Waals surface area contributed by atoms with Crippen molar-refractivity contribution in [3.63, 3.8) is 0 Å². The quantitative estimate of drug-likeness (QED) is 0.167. The zero-order valence-electron chi connectivity index (χ0n) is 19.9. The molecular weight excluding hydrogens is 436 g/mol. The fraction of sp³-hybridized carbons (Fsp3) is 0.913. The van der Waals surface area contributed by atoms with Crippen LogP contribution >= 0.6 is 0 Å². The molecule has 33 heavy (non-hydrogen) atoms. The monoisotopic (exact) mass is 478 g/mol. The van der Waals surface area contributed by atoms with Crippen molar-refractivity contribution in [1.29, 1.82) is 0 Å². The van der Waals surface area contributed by atoms with E-state index in [0.717, 1.165) is 38.5 Å². The highest BCUT2D eigenvalue weighted by atomic mass is 16.7. The second-order valence-electron chi connectivity index (χ2n) is 8.50. The van der Waals surface area contributed by atoms with Crippen molar-refractivity contribution in [2.45, 2.75) is 108 Å². The Balaban J connectivity index is 2.54. The lowest BCUT2D eigenvalue weighted by molar-refractivity contribution is -0.212. The zero-order valence-corrected chi connectivity index (χ0v) is 19.9. The Bertz CT molecular complexity index is 507. The van der Waals surface area contributed by atoms with Crippen molar-refractivity contribution in [2.75, 3.05) is 26.4 Å². The van der Waals surface area contributed by atoms with Gasteiger partial charge in [0, 0.05) is 12.8 Å². The van der Waals surface area contributed by atoms with Gasteiger partial charge >= 0.3 is 11.9 Å². The second-order valence-corrected chi connectivity index (χ2v) is 8.50. The molecule has 0 unspecified atom stereocenters. The summed E-state index contributed by atoms with van der Waals surface area (Å²) in [6, 6.07) is 0. The Kier molecular flexibility index (Phi) is 14.7. The van der Waals surface area contributed by atoms with Gasteiger partial charge in [0.2, 0.25) is 0 Å². The third kappa shape index (κ3) is 11.1. The van der Waals surface area contributed by atoms with Crippen LogP contribution in [0.4, 0.5) is 0 Å². The summed E-state index contributed by atoms with van der Waals surface area (Å²) in [7, 11) is 0. The van der Waals surface area contributed by atoms with E-state index in [0.29, 0.717) is 12.8 Å². The summed E-state index contributed by atoms with van der Waals surface area (Å²) >= 11 is 0. The van der Waals surface area contributed by atoms with Crippen LogP contribution < -0.4 is 0 Å². The van der Waals surface area contributed by atoms with Gasteiger partial charge in [0.15, 0.2) is 18.0 Å². The Morgan fingerprint density at radius 1 is 0.727 bits per heavy atom. The van der Waals surface area contributed by atoms with Crippen LogP contribution in [0.2, 0.25) is 0 Å². The molecule has 0 aromatic carbocycles. The van der Waals surface area contributed by atoms with Crippen LogP contribution in [0, 0.1) is 0 Å². The van der Waals surface area contributed by atoms with Gasteiger partial charge < -0.3 is 39.4 Å². The molecule has 10 heteroatoms. The lowest BCUT2D eigenvalue weighted by atomic mass is 9.96. The van der Waals surface area contributed by atoms with Crippen LogP contribution in [0.5, 0.6) is 0 Å². The van der Waals surface area contributed by atoms with Crippen molar-refractivity contribution < 1.29 is 49.0 Å². The predicted octanol–water partition coefficient (Wildman–Crippen LogP) is 1.20. The van der Waals surface area contributed by atoms with Crippen molar-refractivity contribution >= 4 is 11.9 Å². The van der Waals surface area contributed by atoms with E-state index in [1.807, 2.05) is 0 Å². The van der Waals surface area contributed by atoms with Crippen LogP contribution in [0.25, 0.3) is 0 Å². The van der Waals surface area contributed by atoms with Gasteiger partial charge in [-0.15, -0.1) is 0 Å². The molecule has 0 radical (unpaired) electrons. The number of hydrogen-bond acceptors (Lipinski definition) is 10. The van der Waals surface area contributed by atoms with Gasteiger partial charge in [-0.05, 0) is 12.8 Å². The summed E-state index contributed by atoms with van der Waals surface area (Å²) < 4.78 is 21.0. The van der Waals surface area contributed by atoms with E-state index in [1.165, 1.54) is 0 Å². The van der Waals surface area contributed by atoms with E-state index >= 15 is 0 Å². The molecule has 0 aromatic rings. The molecule has 4 atom stereocenters. The standard InChI is InChI=1S/C23H42O10/c1-3-5-7-9-11-30-21(28)19(26)17(24)15-23(32-13-14-33-23)16-18(25)20(27)22(29)31-12-10-8-6-4-2/h17-20,24-27H,3-16H2,1-2H3/t17-,18-,19+,20+/m1/s1. The van der Waals surface area contributed by atoms with E-state index in [4.69, 9.17) is 18.9 Å². The number of carbonyl (C=O) groups excluding carboxylic acids is 2. The topological polar surface area (TPSA) is 152 Å². The number of hydrogen-bond donors (Lipinski definition) is 4. The molecular formula is C23H42O10. The summed E-state index contributed by atoms with van der Waals surface area (Å²) in [5.74, 6) is -3.50. The average Bonchev–Trinajstić information content (AvgIpc) is 3.24. The number of unbranched alkanes of at least 4 members (excludes halogenated alkanes) is 6. The van der Waals surface area contributed by atoms with E-state index in [9.17, 15) is 30.0 Å². The molecule has 194 valence electrons. The van der Waals surface area contributed by atoms with Crippen molar-refractivity contribution in [2.24, 2.45) is 0 Å². The molecule has 0 spiro atoms. The van der Waals surface area contributed by atoms with Crippen molar-refractivity contribution in [3.8, 4) is 0 Å². The number of ether oxygens (including phenoxy) is 4. The minimum atomic E-state index is -1.82. The molecule has 1 rings (SSSR count). The fourth-order valence-electron chi connectivity index (χ4n) is 3.56. The van der Waals surface area contributed by atoms with E-state index in [1.54, 1.807) is 0 Å². The Labute approximate surface area is 196 Å². The Morgan fingerprint density at radius 3 is 1.48 bits per heavy atom. The number of esters is 2. The van der Waals surface area contributed by atoms with Gasteiger partial charge in [-0.25, -0.2) is 9.59 Å². The lowest BCUT2D eigenvalue weighted by Gasteiger charge is -2.33. The molecule has 0 saturated carbocycles.